The molecule has 0 aromatic carbocycles. The summed E-state index contributed by atoms with van der Waals surface area (Å²) in [6.45, 7) is 4.39. The van der Waals surface area contributed by atoms with E-state index in [1.807, 2.05) is 24.3 Å². The summed E-state index contributed by atoms with van der Waals surface area (Å²) in [7, 11) is 0. The number of rotatable bonds is 3. The van der Waals surface area contributed by atoms with E-state index in [0.717, 1.165) is 13.1 Å². The molecule has 0 aliphatic carbocycles. The molecule has 0 radical (unpaired) electrons. The Bertz CT molecular complexity index is 266. The highest BCUT2D eigenvalue weighted by Crippen LogP contribution is 2.29. The molecular formula is C9H15N3S. The summed E-state index contributed by atoms with van der Waals surface area (Å²) in [5.74, 6) is 1.21. The van der Waals surface area contributed by atoms with Crippen molar-refractivity contribution in [3.05, 3.63) is 18.2 Å². The summed E-state index contributed by atoms with van der Waals surface area (Å²) in [6, 6.07) is 0. The summed E-state index contributed by atoms with van der Waals surface area (Å²) in [5.41, 5.74) is 1.32. The molecular weight excluding hydrogens is 182 g/mol. The number of hydrogen-bond acceptors (Lipinski definition) is 3. The number of nitrogens with one attached hydrogen (secondary N) is 1. The van der Waals surface area contributed by atoms with Crippen LogP contribution in [0.5, 0.6) is 0 Å². The van der Waals surface area contributed by atoms with Crippen molar-refractivity contribution in [2.75, 3.05) is 12.3 Å². The lowest BCUT2D eigenvalue weighted by atomic mass is 10.4. The van der Waals surface area contributed by atoms with Gasteiger partial charge in [-0.2, -0.15) is 0 Å². The second kappa shape index (κ2) is 4.15. The number of aryl methyl sites for hydroxylation is 1. The molecule has 1 unspecified atom stereocenters. The normalized spacial score (nSPS) is 22.4. The van der Waals surface area contributed by atoms with Gasteiger partial charge >= 0.3 is 0 Å². The molecule has 1 aliphatic heterocycles. The quantitative estimate of drug-likeness (QED) is 0.798. The Hall–Kier alpha value is -0.480. The maximum absolute atomic E-state index is 4.19. The highest BCUT2D eigenvalue weighted by atomic mass is 32.2. The van der Waals surface area contributed by atoms with E-state index in [-0.39, 0.29) is 0 Å². The van der Waals surface area contributed by atoms with Gasteiger partial charge in [0, 0.05) is 18.8 Å². The lowest BCUT2D eigenvalue weighted by Crippen LogP contribution is -2.15. The van der Waals surface area contributed by atoms with Gasteiger partial charge in [-0.25, -0.2) is 4.98 Å². The van der Waals surface area contributed by atoms with Gasteiger partial charge in [0.1, 0.15) is 0 Å². The van der Waals surface area contributed by atoms with Crippen molar-refractivity contribution in [3.8, 4) is 0 Å². The van der Waals surface area contributed by atoms with Crippen LogP contribution in [-0.2, 0) is 6.54 Å². The van der Waals surface area contributed by atoms with E-state index in [9.17, 15) is 0 Å². The van der Waals surface area contributed by atoms with Gasteiger partial charge in [-0.3, -0.25) is 5.32 Å². The van der Waals surface area contributed by atoms with E-state index in [1.165, 1.54) is 17.9 Å². The maximum atomic E-state index is 4.19. The van der Waals surface area contributed by atoms with Crippen molar-refractivity contribution in [3.63, 3.8) is 0 Å². The van der Waals surface area contributed by atoms with Crippen LogP contribution in [-0.4, -0.2) is 21.8 Å². The number of imidazole rings is 1. The first-order chi connectivity index (χ1) is 6.42. The summed E-state index contributed by atoms with van der Waals surface area (Å²) in [4.78, 5) is 4.19. The van der Waals surface area contributed by atoms with Gasteiger partial charge in [0.15, 0.2) is 0 Å². The molecule has 4 heteroatoms. The van der Waals surface area contributed by atoms with Crippen molar-refractivity contribution in [1.82, 2.24) is 14.9 Å². The third-order valence-electron chi connectivity index (χ3n) is 2.19. The van der Waals surface area contributed by atoms with Crippen LogP contribution in [0.3, 0.4) is 0 Å². The molecule has 2 heterocycles. The van der Waals surface area contributed by atoms with Crippen molar-refractivity contribution >= 4 is 11.8 Å². The molecule has 1 aliphatic rings. The van der Waals surface area contributed by atoms with Crippen molar-refractivity contribution in [1.29, 1.82) is 0 Å². The van der Waals surface area contributed by atoms with Crippen LogP contribution in [0, 0.1) is 0 Å². The molecule has 1 atom stereocenters. The topological polar surface area (TPSA) is 29.9 Å². The van der Waals surface area contributed by atoms with Crippen LogP contribution in [0.1, 0.15) is 24.4 Å². The van der Waals surface area contributed by atoms with Gasteiger partial charge < -0.3 is 4.57 Å². The monoisotopic (exact) mass is 197 g/mol. The molecule has 0 bridgehead atoms. The van der Waals surface area contributed by atoms with Crippen LogP contribution < -0.4 is 5.32 Å². The molecule has 1 aromatic rings. The summed E-state index contributed by atoms with van der Waals surface area (Å²) < 4.78 is 2.25. The van der Waals surface area contributed by atoms with E-state index < -0.39 is 0 Å². The first-order valence-corrected chi connectivity index (χ1v) is 5.81. The minimum atomic E-state index is 0.467. The van der Waals surface area contributed by atoms with E-state index in [1.54, 1.807) is 0 Å². The Morgan fingerprint density at radius 2 is 2.69 bits per heavy atom. The fraction of sp³-hybridized carbons (Fsp3) is 0.667. The van der Waals surface area contributed by atoms with Crippen LogP contribution in [0.15, 0.2) is 12.5 Å². The van der Waals surface area contributed by atoms with Gasteiger partial charge in [0.2, 0.25) is 0 Å². The molecule has 0 saturated carbocycles. The number of nitrogens with zero attached hydrogens (tertiary/aromatic N) is 2. The van der Waals surface area contributed by atoms with Gasteiger partial charge in [-0.05, 0) is 6.42 Å². The van der Waals surface area contributed by atoms with Gasteiger partial charge in [-0.15, -0.1) is 11.8 Å². The van der Waals surface area contributed by atoms with E-state index in [2.05, 4.69) is 21.8 Å². The molecule has 0 amide bonds. The third kappa shape index (κ3) is 1.89. The van der Waals surface area contributed by atoms with E-state index >= 15 is 0 Å². The van der Waals surface area contributed by atoms with Gasteiger partial charge in [0.25, 0.3) is 0 Å². The third-order valence-corrected chi connectivity index (χ3v) is 3.38. The summed E-state index contributed by atoms with van der Waals surface area (Å²) in [5, 5.41) is 3.93. The average molecular weight is 197 g/mol. The second-order valence-corrected chi connectivity index (χ2v) is 4.43. The predicted octanol–water partition coefficient (Wildman–Crippen LogP) is 1.63. The first-order valence-electron chi connectivity index (χ1n) is 4.77. The maximum Gasteiger partial charge on any atom is 0.0958 e. The van der Waals surface area contributed by atoms with Crippen LogP contribution in [0.25, 0.3) is 0 Å². The molecule has 72 valence electrons. The minimum Gasteiger partial charge on any atom is -0.332 e. The smallest absolute Gasteiger partial charge is 0.0958 e. The predicted molar refractivity (Wildman–Crippen MR) is 55.7 cm³/mol. The largest absolute Gasteiger partial charge is 0.332 e. The average Bonchev–Trinajstić information content (AvgIpc) is 2.71. The van der Waals surface area contributed by atoms with Crippen LogP contribution >= 0.6 is 11.8 Å². The standard InChI is InChI=1S/C9H15N3S/c1-2-4-12-7-10-6-8(12)9-11-3-5-13-9/h6-7,9,11H,2-5H2,1H3. The lowest BCUT2D eigenvalue weighted by Gasteiger charge is -2.12. The summed E-state index contributed by atoms with van der Waals surface area (Å²) >= 11 is 1.97. The Labute approximate surface area is 82.9 Å². The Kier molecular flexibility index (Phi) is 2.90. The SMILES string of the molecule is CCCn1cncc1C1NCCS1. The highest BCUT2D eigenvalue weighted by Gasteiger charge is 2.19. The zero-order chi connectivity index (χ0) is 9.10. The molecule has 13 heavy (non-hydrogen) atoms. The molecule has 1 N–H and O–H groups in total. The number of aromatic nitrogens is 2. The number of hydrogen-bond donors (Lipinski definition) is 1. The fourth-order valence-electron chi connectivity index (χ4n) is 1.59. The molecule has 3 nitrogen and oxygen atoms in total. The van der Waals surface area contributed by atoms with E-state index in [0.29, 0.717) is 5.37 Å². The Morgan fingerprint density at radius 3 is 3.38 bits per heavy atom. The van der Waals surface area contributed by atoms with Crippen molar-refractivity contribution < 1.29 is 0 Å². The second-order valence-electron chi connectivity index (χ2n) is 3.22. The highest BCUT2D eigenvalue weighted by molar-refractivity contribution is 7.99. The lowest BCUT2D eigenvalue weighted by molar-refractivity contribution is 0.615. The molecule has 2 rings (SSSR count). The molecule has 1 aromatic heterocycles. The van der Waals surface area contributed by atoms with Crippen LogP contribution in [0.4, 0.5) is 0 Å². The van der Waals surface area contributed by atoms with Crippen molar-refractivity contribution in [2.45, 2.75) is 25.3 Å². The molecule has 0 spiro atoms. The molecule has 1 fully saturated rings. The zero-order valence-electron chi connectivity index (χ0n) is 7.86. The van der Waals surface area contributed by atoms with Gasteiger partial charge in [-0.1, -0.05) is 6.92 Å². The minimum absolute atomic E-state index is 0.467. The Balaban J connectivity index is 2.13. The van der Waals surface area contributed by atoms with E-state index in [4.69, 9.17) is 0 Å². The first kappa shape index (κ1) is 9.09. The van der Waals surface area contributed by atoms with Crippen LogP contribution in [0.2, 0.25) is 0 Å². The summed E-state index contributed by atoms with van der Waals surface area (Å²) in [6.07, 6.45) is 5.08. The fourth-order valence-corrected chi connectivity index (χ4v) is 2.67. The zero-order valence-corrected chi connectivity index (χ0v) is 8.68. The molecule has 1 saturated heterocycles. The van der Waals surface area contributed by atoms with Gasteiger partial charge in [0.05, 0.1) is 23.6 Å². The van der Waals surface area contributed by atoms with Crippen molar-refractivity contribution in [2.24, 2.45) is 0 Å². The Morgan fingerprint density at radius 1 is 1.77 bits per heavy atom. The number of thioether (sulfide) groups is 1.